The summed E-state index contributed by atoms with van der Waals surface area (Å²) in [5, 5.41) is 3.01. The first-order valence-corrected chi connectivity index (χ1v) is 9.97. The number of halogens is 1. The number of nitrogens with zero attached hydrogens (tertiary/aromatic N) is 2. The fourth-order valence-electron chi connectivity index (χ4n) is 3.39. The number of nitrogens with one attached hydrogen (secondary N) is 1. The first-order valence-electron chi connectivity index (χ1n) is 8.81. The molecule has 2 heterocycles. The summed E-state index contributed by atoms with van der Waals surface area (Å²) in [5.41, 5.74) is 0.921. The van der Waals surface area contributed by atoms with Crippen LogP contribution in [0.25, 0.3) is 0 Å². The molecule has 3 rings (SSSR count). The molecule has 6 heteroatoms. The number of urea groups is 1. The molecule has 0 aromatic heterocycles. The zero-order valence-corrected chi connectivity index (χ0v) is 14.9. The fraction of sp³-hybridized carbons (Fsp3) is 0.611. The normalized spacial score (nSPS) is 22.4. The van der Waals surface area contributed by atoms with Crippen molar-refractivity contribution in [3.05, 3.63) is 35.6 Å². The van der Waals surface area contributed by atoms with Crippen molar-refractivity contribution in [2.45, 2.75) is 31.8 Å². The smallest absolute Gasteiger partial charge is 0.317 e. The Morgan fingerprint density at radius 1 is 1.17 bits per heavy atom. The highest BCUT2D eigenvalue weighted by molar-refractivity contribution is 7.99. The van der Waals surface area contributed by atoms with Crippen LogP contribution in [0, 0.1) is 5.82 Å². The molecule has 2 amide bonds. The highest BCUT2D eigenvalue weighted by atomic mass is 32.2. The van der Waals surface area contributed by atoms with E-state index in [9.17, 15) is 9.18 Å². The number of carbonyl (C=O) groups excluding carboxylic acids is 1. The molecule has 0 spiro atoms. The minimum Gasteiger partial charge on any atom is -0.334 e. The lowest BCUT2D eigenvalue weighted by atomic mass is 10.2. The van der Waals surface area contributed by atoms with Crippen LogP contribution in [0.5, 0.6) is 0 Å². The predicted octanol–water partition coefficient (Wildman–Crippen LogP) is 2.94. The lowest BCUT2D eigenvalue weighted by Gasteiger charge is -2.32. The summed E-state index contributed by atoms with van der Waals surface area (Å²) in [6.45, 7) is 4.56. The Morgan fingerprint density at radius 3 is 2.67 bits per heavy atom. The molecule has 1 unspecified atom stereocenters. The van der Waals surface area contributed by atoms with Crippen molar-refractivity contribution < 1.29 is 9.18 Å². The first kappa shape index (κ1) is 17.5. The van der Waals surface area contributed by atoms with Crippen LogP contribution in [0.2, 0.25) is 0 Å². The molecule has 0 saturated carbocycles. The van der Waals surface area contributed by atoms with Gasteiger partial charge in [0.25, 0.3) is 0 Å². The van der Waals surface area contributed by atoms with E-state index < -0.39 is 0 Å². The Hall–Kier alpha value is -1.27. The van der Waals surface area contributed by atoms with Crippen molar-refractivity contribution in [3.63, 3.8) is 0 Å². The van der Waals surface area contributed by atoms with Gasteiger partial charge < -0.3 is 15.1 Å². The molecule has 2 aliphatic heterocycles. The molecule has 0 bridgehead atoms. The van der Waals surface area contributed by atoms with Crippen LogP contribution in [0.15, 0.2) is 24.3 Å². The highest BCUT2D eigenvalue weighted by Gasteiger charge is 2.28. The van der Waals surface area contributed by atoms with Crippen molar-refractivity contribution in [2.24, 2.45) is 0 Å². The molecule has 132 valence electrons. The number of thioether (sulfide) groups is 1. The molecular formula is C18H26FN3OS. The van der Waals surface area contributed by atoms with Gasteiger partial charge in [0.05, 0.1) is 6.04 Å². The number of amides is 2. The van der Waals surface area contributed by atoms with E-state index >= 15 is 0 Å². The summed E-state index contributed by atoms with van der Waals surface area (Å²) in [7, 11) is 0. The highest BCUT2D eigenvalue weighted by Crippen LogP contribution is 2.19. The Kier molecular flexibility index (Phi) is 6.37. The summed E-state index contributed by atoms with van der Waals surface area (Å²) in [6.07, 6.45) is 3.60. The van der Waals surface area contributed by atoms with Gasteiger partial charge in [0.1, 0.15) is 5.82 Å². The zero-order chi connectivity index (χ0) is 16.8. The molecule has 2 aliphatic rings. The molecule has 1 atom stereocenters. The average Bonchev–Trinajstić information content (AvgIpc) is 2.99. The van der Waals surface area contributed by atoms with E-state index in [-0.39, 0.29) is 17.9 Å². The van der Waals surface area contributed by atoms with E-state index in [0.29, 0.717) is 6.54 Å². The van der Waals surface area contributed by atoms with Crippen LogP contribution >= 0.6 is 11.8 Å². The van der Waals surface area contributed by atoms with Gasteiger partial charge in [0.2, 0.25) is 0 Å². The summed E-state index contributed by atoms with van der Waals surface area (Å²) in [5.74, 6) is 1.89. The van der Waals surface area contributed by atoms with Gasteiger partial charge in [0, 0.05) is 25.4 Å². The number of carbonyl (C=O) groups is 1. The van der Waals surface area contributed by atoms with E-state index in [2.05, 4.69) is 10.2 Å². The largest absolute Gasteiger partial charge is 0.334 e. The Labute approximate surface area is 147 Å². The Morgan fingerprint density at radius 2 is 1.92 bits per heavy atom. The summed E-state index contributed by atoms with van der Waals surface area (Å²) < 4.78 is 13.0. The lowest BCUT2D eigenvalue weighted by molar-refractivity contribution is 0.162. The average molecular weight is 351 g/mol. The van der Waals surface area contributed by atoms with Gasteiger partial charge in [-0.15, -0.1) is 0 Å². The Bertz CT molecular complexity index is 534. The third-order valence-electron chi connectivity index (χ3n) is 4.72. The van der Waals surface area contributed by atoms with E-state index in [4.69, 9.17) is 0 Å². The number of hydrogen-bond donors (Lipinski definition) is 1. The van der Waals surface area contributed by atoms with Crippen molar-refractivity contribution in [3.8, 4) is 0 Å². The molecule has 1 aromatic rings. The number of hydrogen-bond acceptors (Lipinski definition) is 3. The van der Waals surface area contributed by atoms with Gasteiger partial charge >= 0.3 is 6.03 Å². The van der Waals surface area contributed by atoms with Crippen LogP contribution in [-0.2, 0) is 6.54 Å². The van der Waals surface area contributed by atoms with Crippen LogP contribution in [-0.4, -0.2) is 59.6 Å². The van der Waals surface area contributed by atoms with Gasteiger partial charge in [-0.2, -0.15) is 11.8 Å². The van der Waals surface area contributed by atoms with Gasteiger partial charge in [-0.3, -0.25) is 0 Å². The van der Waals surface area contributed by atoms with Crippen molar-refractivity contribution in [1.29, 1.82) is 0 Å². The molecule has 0 radical (unpaired) electrons. The van der Waals surface area contributed by atoms with Crippen LogP contribution < -0.4 is 5.32 Å². The monoisotopic (exact) mass is 351 g/mol. The maximum absolute atomic E-state index is 13.0. The van der Waals surface area contributed by atoms with Gasteiger partial charge in [-0.25, -0.2) is 9.18 Å². The fourth-order valence-corrected chi connectivity index (χ4v) is 4.45. The third-order valence-corrected chi connectivity index (χ3v) is 5.92. The number of benzene rings is 1. The summed E-state index contributed by atoms with van der Waals surface area (Å²) in [4.78, 5) is 17.2. The standard InChI is InChI=1S/C18H26FN3OS/c19-16-6-4-15(5-7-16)12-20-18(23)22-10-3-11-24-14-17(22)13-21-8-1-2-9-21/h4-7,17H,1-3,8-14H2,(H,20,23). The molecule has 1 aromatic carbocycles. The second-order valence-corrected chi connectivity index (χ2v) is 7.72. The second kappa shape index (κ2) is 8.72. The minimum absolute atomic E-state index is 0.00558. The molecule has 2 saturated heterocycles. The molecule has 2 fully saturated rings. The molecule has 0 aliphatic carbocycles. The Balaban J connectivity index is 1.57. The first-order chi connectivity index (χ1) is 11.7. The SMILES string of the molecule is O=C(NCc1ccc(F)cc1)N1CCCSCC1CN1CCCC1. The van der Waals surface area contributed by atoms with Gasteiger partial charge in [-0.1, -0.05) is 12.1 Å². The third kappa shape index (κ3) is 4.86. The van der Waals surface area contributed by atoms with Crippen molar-refractivity contribution in [1.82, 2.24) is 15.1 Å². The second-order valence-electron chi connectivity index (χ2n) is 6.57. The zero-order valence-electron chi connectivity index (χ0n) is 14.0. The summed E-state index contributed by atoms with van der Waals surface area (Å²) >= 11 is 1.95. The quantitative estimate of drug-likeness (QED) is 0.906. The van der Waals surface area contributed by atoms with Crippen LogP contribution in [0.4, 0.5) is 9.18 Å². The molecular weight excluding hydrogens is 325 g/mol. The maximum atomic E-state index is 13.0. The molecule has 4 nitrogen and oxygen atoms in total. The lowest BCUT2D eigenvalue weighted by Crippen LogP contribution is -2.51. The van der Waals surface area contributed by atoms with Crippen molar-refractivity contribution in [2.75, 3.05) is 37.7 Å². The van der Waals surface area contributed by atoms with Gasteiger partial charge in [0.15, 0.2) is 0 Å². The minimum atomic E-state index is -0.250. The van der Waals surface area contributed by atoms with Crippen LogP contribution in [0.3, 0.4) is 0 Å². The predicted molar refractivity (Wildman–Crippen MR) is 96.7 cm³/mol. The topological polar surface area (TPSA) is 35.6 Å². The molecule has 1 N–H and O–H groups in total. The summed E-state index contributed by atoms with van der Waals surface area (Å²) in [6, 6.07) is 6.58. The number of rotatable bonds is 4. The maximum Gasteiger partial charge on any atom is 0.317 e. The van der Waals surface area contributed by atoms with Gasteiger partial charge in [-0.05, 0) is 55.8 Å². The number of likely N-dealkylation sites (tertiary alicyclic amines) is 1. The van der Waals surface area contributed by atoms with E-state index in [1.54, 1.807) is 12.1 Å². The molecule has 24 heavy (non-hydrogen) atoms. The van der Waals surface area contributed by atoms with E-state index in [1.165, 1.54) is 25.0 Å². The van der Waals surface area contributed by atoms with Crippen molar-refractivity contribution >= 4 is 17.8 Å². The van der Waals surface area contributed by atoms with Crippen LogP contribution in [0.1, 0.15) is 24.8 Å². The van der Waals surface area contributed by atoms with E-state index in [0.717, 1.165) is 49.7 Å². The van der Waals surface area contributed by atoms with E-state index in [1.807, 2.05) is 16.7 Å².